The van der Waals surface area contributed by atoms with Crippen LogP contribution in [0.4, 0.5) is 5.13 Å². The molecule has 0 saturated heterocycles. The Labute approximate surface area is 164 Å². The van der Waals surface area contributed by atoms with E-state index in [2.05, 4.69) is 26.3 Å². The molecule has 1 N–H and O–H groups in total. The van der Waals surface area contributed by atoms with Gasteiger partial charge in [0.2, 0.25) is 0 Å². The topological polar surface area (TPSA) is 67.8 Å². The number of anilines is 1. The number of carbonyl (C=O) groups excluding carboxylic acids is 1. The van der Waals surface area contributed by atoms with Gasteiger partial charge in [0.25, 0.3) is 5.91 Å². The second-order valence-corrected chi connectivity index (χ2v) is 7.37. The van der Waals surface area contributed by atoms with E-state index in [0.717, 1.165) is 32.1 Å². The van der Waals surface area contributed by atoms with Crippen molar-refractivity contribution >= 4 is 44.1 Å². The Morgan fingerprint density at radius 3 is 2.75 bits per heavy atom. The molecular weight excluding hydrogens is 368 g/mol. The number of benzene rings is 2. The van der Waals surface area contributed by atoms with Crippen LogP contribution in [-0.4, -0.2) is 20.9 Å². The van der Waals surface area contributed by atoms with Gasteiger partial charge in [0.05, 0.1) is 16.0 Å². The average molecular weight is 382 g/mol. The summed E-state index contributed by atoms with van der Waals surface area (Å²) in [5.74, 6) is -0.219. The van der Waals surface area contributed by atoms with Crippen LogP contribution in [0.5, 0.6) is 0 Å². The molecule has 0 atom stereocenters. The van der Waals surface area contributed by atoms with Crippen LogP contribution in [0.1, 0.15) is 10.4 Å². The van der Waals surface area contributed by atoms with Gasteiger partial charge in [-0.3, -0.25) is 20.1 Å². The van der Waals surface area contributed by atoms with E-state index in [1.165, 1.54) is 11.3 Å². The highest BCUT2D eigenvalue weighted by Gasteiger charge is 2.11. The van der Waals surface area contributed by atoms with Crippen LogP contribution < -0.4 is 5.32 Å². The number of hydrogen-bond acceptors (Lipinski definition) is 5. The summed E-state index contributed by atoms with van der Waals surface area (Å²) in [6, 6.07) is 17.7. The van der Waals surface area contributed by atoms with Gasteiger partial charge in [-0.05, 0) is 35.2 Å². The summed E-state index contributed by atoms with van der Waals surface area (Å²) in [5.41, 5.74) is 2.43. The normalized spacial score (nSPS) is 11.0. The molecule has 3 aromatic heterocycles. The third-order valence-electron chi connectivity index (χ3n) is 4.50. The Balaban J connectivity index is 1.39. The molecule has 5 rings (SSSR count). The summed E-state index contributed by atoms with van der Waals surface area (Å²) in [5, 5.41) is 6.57. The number of aromatic nitrogens is 3. The van der Waals surface area contributed by atoms with E-state index < -0.39 is 0 Å². The smallest absolute Gasteiger partial charge is 0.259 e. The lowest BCUT2D eigenvalue weighted by Crippen LogP contribution is -2.11. The minimum atomic E-state index is -0.219. The fraction of sp³-hybridized carbons (Fsp3) is 0. The highest BCUT2D eigenvalue weighted by atomic mass is 32.1. The first kappa shape index (κ1) is 16.5. The molecule has 0 bridgehead atoms. The predicted octanol–water partition coefficient (Wildman–Crippen LogP) is 5.16. The van der Waals surface area contributed by atoms with E-state index in [-0.39, 0.29) is 5.91 Å². The Hall–Kier alpha value is -3.64. The van der Waals surface area contributed by atoms with Gasteiger partial charge in [-0.15, -0.1) is 0 Å². The van der Waals surface area contributed by atoms with Gasteiger partial charge < -0.3 is 0 Å². The summed E-state index contributed by atoms with van der Waals surface area (Å²) in [6.07, 6.45) is 6.99. The maximum atomic E-state index is 12.6. The van der Waals surface area contributed by atoms with Crippen molar-refractivity contribution in [3.8, 4) is 10.4 Å². The van der Waals surface area contributed by atoms with E-state index >= 15 is 0 Å². The van der Waals surface area contributed by atoms with E-state index in [1.54, 1.807) is 18.6 Å². The van der Waals surface area contributed by atoms with Crippen LogP contribution in [0.3, 0.4) is 0 Å². The van der Waals surface area contributed by atoms with Gasteiger partial charge in [0.1, 0.15) is 0 Å². The van der Waals surface area contributed by atoms with Gasteiger partial charge in [0.15, 0.2) is 5.13 Å². The van der Waals surface area contributed by atoms with Crippen molar-refractivity contribution < 1.29 is 4.79 Å². The number of rotatable bonds is 3. The second kappa shape index (κ2) is 6.83. The Bertz CT molecular complexity index is 1330. The predicted molar refractivity (Wildman–Crippen MR) is 113 cm³/mol. The third-order valence-corrected chi connectivity index (χ3v) is 5.47. The highest BCUT2D eigenvalue weighted by molar-refractivity contribution is 7.19. The van der Waals surface area contributed by atoms with E-state index in [0.29, 0.717) is 10.7 Å². The number of carbonyl (C=O) groups is 1. The first-order valence-electron chi connectivity index (χ1n) is 8.72. The van der Waals surface area contributed by atoms with Crippen LogP contribution in [0.2, 0.25) is 0 Å². The van der Waals surface area contributed by atoms with Gasteiger partial charge in [-0.25, -0.2) is 4.98 Å². The van der Waals surface area contributed by atoms with E-state index in [1.807, 2.05) is 54.7 Å². The summed E-state index contributed by atoms with van der Waals surface area (Å²) < 4.78 is 0. The first-order valence-corrected chi connectivity index (χ1v) is 9.54. The SMILES string of the molecule is O=C(Nc1ncc(-c2ccc3cnccc3c2)s1)c1cnc2ccccc2c1. The maximum Gasteiger partial charge on any atom is 0.259 e. The first-order chi connectivity index (χ1) is 13.8. The molecule has 0 aliphatic carbocycles. The molecule has 0 unspecified atom stereocenters. The fourth-order valence-electron chi connectivity index (χ4n) is 3.07. The molecule has 28 heavy (non-hydrogen) atoms. The molecule has 5 nitrogen and oxygen atoms in total. The van der Waals surface area contributed by atoms with E-state index in [4.69, 9.17) is 0 Å². The largest absolute Gasteiger partial charge is 0.298 e. The Morgan fingerprint density at radius 1 is 0.857 bits per heavy atom. The fourth-order valence-corrected chi connectivity index (χ4v) is 3.87. The molecule has 0 saturated carbocycles. The number of hydrogen-bond donors (Lipinski definition) is 1. The average Bonchev–Trinajstić information content (AvgIpc) is 3.21. The number of fused-ring (bicyclic) bond motifs is 2. The minimum absolute atomic E-state index is 0.219. The highest BCUT2D eigenvalue weighted by Crippen LogP contribution is 2.31. The van der Waals surface area contributed by atoms with Crippen LogP contribution in [0.25, 0.3) is 32.1 Å². The number of nitrogens with one attached hydrogen (secondary N) is 1. The third kappa shape index (κ3) is 3.10. The minimum Gasteiger partial charge on any atom is -0.298 e. The monoisotopic (exact) mass is 382 g/mol. The lowest BCUT2D eigenvalue weighted by atomic mass is 10.1. The molecule has 0 radical (unpaired) electrons. The van der Waals surface area contributed by atoms with Gasteiger partial charge in [-0.1, -0.05) is 41.7 Å². The molecule has 0 aliphatic rings. The van der Waals surface area contributed by atoms with Crippen LogP contribution in [-0.2, 0) is 0 Å². The summed E-state index contributed by atoms with van der Waals surface area (Å²) >= 11 is 1.44. The summed E-state index contributed by atoms with van der Waals surface area (Å²) in [6.45, 7) is 0. The van der Waals surface area contributed by atoms with Crippen molar-refractivity contribution in [3.63, 3.8) is 0 Å². The van der Waals surface area contributed by atoms with Crippen molar-refractivity contribution in [2.75, 3.05) is 5.32 Å². The second-order valence-electron chi connectivity index (χ2n) is 6.34. The quantitative estimate of drug-likeness (QED) is 0.468. The molecule has 0 spiro atoms. The van der Waals surface area contributed by atoms with Gasteiger partial charge in [0, 0.05) is 35.6 Å². The van der Waals surface area contributed by atoms with Crippen LogP contribution in [0.15, 0.2) is 79.4 Å². The molecule has 134 valence electrons. The van der Waals surface area contributed by atoms with Gasteiger partial charge >= 0.3 is 0 Å². The van der Waals surface area contributed by atoms with Crippen molar-refractivity contribution in [2.45, 2.75) is 0 Å². The molecule has 0 aliphatic heterocycles. The lowest BCUT2D eigenvalue weighted by Gasteiger charge is -2.03. The van der Waals surface area contributed by atoms with Crippen molar-refractivity contribution in [2.24, 2.45) is 0 Å². The number of pyridine rings is 2. The number of thiazole rings is 1. The zero-order valence-corrected chi connectivity index (χ0v) is 15.5. The molecule has 5 aromatic rings. The van der Waals surface area contributed by atoms with Crippen molar-refractivity contribution in [1.29, 1.82) is 0 Å². The number of amides is 1. The Kier molecular flexibility index (Phi) is 4.03. The van der Waals surface area contributed by atoms with Gasteiger partial charge in [-0.2, -0.15) is 0 Å². The molecule has 1 amide bonds. The van der Waals surface area contributed by atoms with Crippen LogP contribution >= 0.6 is 11.3 Å². The summed E-state index contributed by atoms with van der Waals surface area (Å²) in [4.78, 5) is 26.4. The summed E-state index contributed by atoms with van der Waals surface area (Å²) in [7, 11) is 0. The number of para-hydroxylation sites is 1. The standard InChI is InChI=1S/C22H14N4OS/c27-21(18-10-15-3-1-2-4-19(15)24-12-18)26-22-25-13-20(28-22)16-5-6-17-11-23-8-7-14(17)9-16/h1-13H,(H,25,26,27). The molecule has 6 heteroatoms. The molecular formula is C22H14N4OS. The van der Waals surface area contributed by atoms with E-state index in [9.17, 15) is 4.79 Å². The van der Waals surface area contributed by atoms with Crippen molar-refractivity contribution in [1.82, 2.24) is 15.0 Å². The zero-order chi connectivity index (χ0) is 18.9. The zero-order valence-electron chi connectivity index (χ0n) is 14.7. The van der Waals surface area contributed by atoms with Crippen LogP contribution in [0, 0.1) is 0 Å². The maximum absolute atomic E-state index is 12.6. The molecule has 3 heterocycles. The number of nitrogens with zero attached hydrogens (tertiary/aromatic N) is 3. The Morgan fingerprint density at radius 2 is 1.79 bits per heavy atom. The van der Waals surface area contributed by atoms with Crippen molar-refractivity contribution in [3.05, 3.63) is 84.9 Å². The molecule has 2 aromatic carbocycles. The molecule has 0 fully saturated rings. The lowest BCUT2D eigenvalue weighted by molar-refractivity contribution is 0.102.